The van der Waals surface area contributed by atoms with Gasteiger partial charge in [0.1, 0.15) is 12.4 Å². The predicted octanol–water partition coefficient (Wildman–Crippen LogP) is 5.28. The zero-order valence-corrected chi connectivity index (χ0v) is 21.7. The second-order valence-electron chi connectivity index (χ2n) is 11.0. The van der Waals surface area contributed by atoms with Crippen LogP contribution >= 0.6 is 0 Å². The SMILES string of the molecule is C[Si](C)(C)CCOCn1cc(C(=O)C2CCCC2)c2c(NC3CCCN(C(=O)O)C3)ccnc21. The number of nitrogens with zero attached hydrogens (tertiary/aromatic N) is 3. The lowest BCUT2D eigenvalue weighted by molar-refractivity contribution is 0.0886. The van der Waals surface area contributed by atoms with E-state index < -0.39 is 14.2 Å². The normalized spacial score (nSPS) is 19.6. The molecular weight excluding hydrogens is 448 g/mol. The van der Waals surface area contributed by atoms with Gasteiger partial charge in [-0.2, -0.15) is 0 Å². The number of rotatable bonds is 9. The molecule has 2 aliphatic rings. The summed E-state index contributed by atoms with van der Waals surface area (Å²) in [7, 11) is -1.19. The number of carbonyl (C=O) groups is 2. The van der Waals surface area contributed by atoms with Crippen LogP contribution < -0.4 is 5.32 Å². The molecule has 3 heterocycles. The standard InChI is InChI=1S/C25H38N4O4Si/c1-34(2,3)14-13-33-17-29-16-20(23(30)18-7-4-5-8-18)22-21(10-11-26-24(22)29)27-19-9-6-12-28(15-19)25(31)32/h10-11,16,18-19H,4-9,12-15,17H2,1-3H3,(H,26,27)(H,31,32). The molecule has 1 aliphatic heterocycles. The van der Waals surface area contributed by atoms with Gasteiger partial charge in [0, 0.05) is 63.4 Å². The maximum absolute atomic E-state index is 13.5. The number of pyridine rings is 1. The van der Waals surface area contributed by atoms with Crippen molar-refractivity contribution in [2.45, 2.75) is 77.0 Å². The molecule has 1 amide bonds. The van der Waals surface area contributed by atoms with E-state index in [1.54, 1.807) is 6.20 Å². The lowest BCUT2D eigenvalue weighted by atomic mass is 9.95. The molecule has 9 heteroatoms. The molecule has 0 spiro atoms. The summed E-state index contributed by atoms with van der Waals surface area (Å²) < 4.78 is 7.96. The number of carboxylic acid groups (broad SMARTS) is 1. The topological polar surface area (TPSA) is 96.7 Å². The molecule has 2 aromatic heterocycles. The fourth-order valence-electron chi connectivity index (χ4n) is 5.06. The third kappa shape index (κ3) is 5.80. The fourth-order valence-corrected chi connectivity index (χ4v) is 5.82. The number of ketones is 1. The van der Waals surface area contributed by atoms with E-state index in [1.807, 2.05) is 16.8 Å². The van der Waals surface area contributed by atoms with E-state index in [9.17, 15) is 14.7 Å². The Hall–Kier alpha value is -2.39. The molecular formula is C25H38N4O4Si. The highest BCUT2D eigenvalue weighted by molar-refractivity contribution is 6.76. The number of hydrogen-bond donors (Lipinski definition) is 2. The average molecular weight is 487 g/mol. The van der Waals surface area contributed by atoms with Crippen molar-refractivity contribution in [3.05, 3.63) is 24.0 Å². The Bertz CT molecular complexity index is 1030. The third-order valence-electron chi connectivity index (χ3n) is 7.03. The number of fused-ring (bicyclic) bond motifs is 1. The van der Waals surface area contributed by atoms with E-state index >= 15 is 0 Å². The fraction of sp³-hybridized carbons (Fsp3) is 0.640. The zero-order chi connectivity index (χ0) is 24.3. The first-order chi connectivity index (χ1) is 16.2. The number of aromatic nitrogens is 2. The van der Waals surface area contributed by atoms with E-state index in [2.05, 4.69) is 29.9 Å². The summed E-state index contributed by atoms with van der Waals surface area (Å²) in [5.41, 5.74) is 2.30. The van der Waals surface area contributed by atoms with Crippen LogP contribution in [0.3, 0.4) is 0 Å². The highest BCUT2D eigenvalue weighted by atomic mass is 28.3. The maximum atomic E-state index is 13.5. The van der Waals surface area contributed by atoms with Gasteiger partial charge in [0.15, 0.2) is 5.78 Å². The third-order valence-corrected chi connectivity index (χ3v) is 8.73. The maximum Gasteiger partial charge on any atom is 0.407 e. The van der Waals surface area contributed by atoms with Gasteiger partial charge in [-0.25, -0.2) is 9.78 Å². The molecule has 2 aromatic rings. The van der Waals surface area contributed by atoms with E-state index in [0.717, 1.165) is 61.3 Å². The molecule has 186 valence electrons. The van der Waals surface area contributed by atoms with Crippen LogP contribution in [-0.4, -0.2) is 65.2 Å². The van der Waals surface area contributed by atoms with Crippen LogP contribution in [0, 0.1) is 5.92 Å². The van der Waals surface area contributed by atoms with Crippen LogP contribution in [-0.2, 0) is 11.5 Å². The molecule has 1 atom stereocenters. The Morgan fingerprint density at radius 2 is 1.97 bits per heavy atom. The number of piperidine rings is 1. The molecule has 0 aromatic carbocycles. The molecule has 4 rings (SSSR count). The van der Waals surface area contributed by atoms with Gasteiger partial charge in [-0.3, -0.25) is 4.79 Å². The van der Waals surface area contributed by atoms with Gasteiger partial charge in [-0.1, -0.05) is 32.5 Å². The van der Waals surface area contributed by atoms with Gasteiger partial charge in [-0.05, 0) is 37.8 Å². The number of Topliss-reactive ketones (excluding diaryl/α,β-unsaturated/α-hetero) is 1. The van der Waals surface area contributed by atoms with Gasteiger partial charge >= 0.3 is 6.09 Å². The van der Waals surface area contributed by atoms with Crippen LogP contribution in [0.25, 0.3) is 11.0 Å². The monoisotopic (exact) mass is 486 g/mol. The number of carbonyl (C=O) groups excluding carboxylic acids is 1. The summed E-state index contributed by atoms with van der Waals surface area (Å²) in [6, 6.07) is 2.99. The second kappa shape index (κ2) is 10.5. The summed E-state index contributed by atoms with van der Waals surface area (Å²) in [4.78, 5) is 31.1. The van der Waals surface area contributed by atoms with Crippen molar-refractivity contribution >= 4 is 36.7 Å². The summed E-state index contributed by atoms with van der Waals surface area (Å²) in [5, 5.41) is 13.8. The van der Waals surface area contributed by atoms with Crippen molar-refractivity contribution in [1.29, 1.82) is 0 Å². The summed E-state index contributed by atoms with van der Waals surface area (Å²) >= 11 is 0. The zero-order valence-electron chi connectivity index (χ0n) is 20.7. The minimum Gasteiger partial charge on any atom is -0.465 e. The van der Waals surface area contributed by atoms with Crippen molar-refractivity contribution in [3.63, 3.8) is 0 Å². The van der Waals surface area contributed by atoms with Crippen LogP contribution in [0.2, 0.25) is 25.7 Å². The average Bonchev–Trinajstić information content (AvgIpc) is 3.45. The Morgan fingerprint density at radius 3 is 2.68 bits per heavy atom. The number of amides is 1. The Labute approximate surface area is 202 Å². The lowest BCUT2D eigenvalue weighted by Crippen LogP contribution is -2.44. The van der Waals surface area contributed by atoms with Gasteiger partial charge in [-0.15, -0.1) is 0 Å². The Kier molecular flexibility index (Phi) is 7.62. The highest BCUT2D eigenvalue weighted by Crippen LogP contribution is 2.34. The van der Waals surface area contributed by atoms with E-state index in [-0.39, 0.29) is 17.7 Å². The molecule has 1 unspecified atom stereocenters. The van der Waals surface area contributed by atoms with Gasteiger partial charge in [0.2, 0.25) is 0 Å². The van der Waals surface area contributed by atoms with E-state index in [4.69, 9.17) is 4.74 Å². The number of ether oxygens (including phenoxy) is 1. The predicted molar refractivity (Wildman–Crippen MR) is 136 cm³/mol. The van der Waals surface area contributed by atoms with E-state index in [0.29, 0.717) is 32.0 Å². The van der Waals surface area contributed by atoms with Crippen LogP contribution in [0.15, 0.2) is 18.5 Å². The molecule has 0 radical (unpaired) electrons. The van der Waals surface area contributed by atoms with Gasteiger partial charge in [0.05, 0.1) is 5.39 Å². The first-order valence-electron chi connectivity index (χ1n) is 12.6. The molecule has 1 aliphatic carbocycles. The minimum absolute atomic E-state index is 0.00114. The number of hydrogen-bond acceptors (Lipinski definition) is 5. The van der Waals surface area contributed by atoms with Crippen molar-refractivity contribution in [2.24, 2.45) is 5.92 Å². The highest BCUT2D eigenvalue weighted by Gasteiger charge is 2.29. The molecule has 8 nitrogen and oxygen atoms in total. The molecule has 0 bridgehead atoms. The Morgan fingerprint density at radius 1 is 1.21 bits per heavy atom. The van der Waals surface area contributed by atoms with Crippen LogP contribution in [0.4, 0.5) is 10.5 Å². The molecule has 2 fully saturated rings. The quantitative estimate of drug-likeness (QED) is 0.284. The molecule has 1 saturated heterocycles. The molecule has 34 heavy (non-hydrogen) atoms. The van der Waals surface area contributed by atoms with Crippen LogP contribution in [0.5, 0.6) is 0 Å². The number of nitrogens with one attached hydrogen (secondary N) is 1. The smallest absolute Gasteiger partial charge is 0.407 e. The largest absolute Gasteiger partial charge is 0.465 e. The Balaban J connectivity index is 1.62. The molecule has 2 N–H and O–H groups in total. The van der Waals surface area contributed by atoms with Gasteiger partial charge < -0.3 is 24.6 Å². The number of anilines is 1. The lowest BCUT2D eigenvalue weighted by Gasteiger charge is -2.32. The summed E-state index contributed by atoms with van der Waals surface area (Å²) in [6.45, 7) is 9.06. The van der Waals surface area contributed by atoms with Crippen molar-refractivity contribution in [3.8, 4) is 0 Å². The van der Waals surface area contributed by atoms with Crippen molar-refractivity contribution in [1.82, 2.24) is 14.5 Å². The first kappa shape index (κ1) is 24.7. The second-order valence-corrected chi connectivity index (χ2v) is 16.6. The van der Waals surface area contributed by atoms with E-state index in [1.165, 1.54) is 4.90 Å². The minimum atomic E-state index is -1.19. The molecule has 1 saturated carbocycles. The van der Waals surface area contributed by atoms with Gasteiger partial charge in [0.25, 0.3) is 0 Å². The van der Waals surface area contributed by atoms with Crippen molar-refractivity contribution in [2.75, 3.05) is 25.0 Å². The first-order valence-corrected chi connectivity index (χ1v) is 16.3. The summed E-state index contributed by atoms with van der Waals surface area (Å²) in [5.74, 6) is 0.257. The number of likely N-dealkylation sites (tertiary alicyclic amines) is 1. The van der Waals surface area contributed by atoms with Crippen LogP contribution in [0.1, 0.15) is 48.9 Å². The van der Waals surface area contributed by atoms with Crippen molar-refractivity contribution < 1.29 is 19.4 Å². The summed E-state index contributed by atoms with van der Waals surface area (Å²) in [6.07, 6.45) is 8.58.